The summed E-state index contributed by atoms with van der Waals surface area (Å²) in [7, 11) is 0. The molecule has 0 spiro atoms. The van der Waals surface area contributed by atoms with Crippen molar-refractivity contribution in [3.8, 4) is 0 Å². The zero-order valence-corrected chi connectivity index (χ0v) is 10.9. The molecule has 1 N–H and O–H groups in total. The molecule has 1 saturated heterocycles. The molecule has 0 aliphatic carbocycles. The first-order valence-electron chi connectivity index (χ1n) is 5.61. The molecule has 0 aromatic heterocycles. The van der Waals surface area contributed by atoms with Crippen LogP contribution in [-0.2, 0) is 0 Å². The second-order valence-corrected chi connectivity index (χ2v) is 5.01. The molecule has 1 aromatic carbocycles. The number of halogens is 2. The van der Waals surface area contributed by atoms with E-state index in [-0.39, 0.29) is 0 Å². The second kappa shape index (κ2) is 5.26. The standard InChI is InChI=1S/C12H16Cl2N2/c1-9-8-16(7-3-6-15-9)11-5-2-4-10(13)12(11)14/h2,4-5,9,15H,3,6-8H2,1H3. The normalized spacial score (nSPS) is 21.9. The summed E-state index contributed by atoms with van der Waals surface area (Å²) >= 11 is 12.3. The molecule has 2 rings (SSSR count). The molecule has 1 heterocycles. The molecule has 1 aliphatic rings. The molecule has 16 heavy (non-hydrogen) atoms. The molecule has 2 nitrogen and oxygen atoms in total. The Morgan fingerprint density at radius 3 is 3.00 bits per heavy atom. The Morgan fingerprint density at radius 1 is 1.38 bits per heavy atom. The van der Waals surface area contributed by atoms with Crippen molar-refractivity contribution in [2.75, 3.05) is 24.5 Å². The molecule has 0 amide bonds. The smallest absolute Gasteiger partial charge is 0.0825 e. The van der Waals surface area contributed by atoms with Crippen molar-refractivity contribution in [1.29, 1.82) is 0 Å². The van der Waals surface area contributed by atoms with Gasteiger partial charge in [-0.15, -0.1) is 0 Å². The molecular formula is C12H16Cl2N2. The Morgan fingerprint density at radius 2 is 2.19 bits per heavy atom. The van der Waals surface area contributed by atoms with Crippen molar-refractivity contribution >= 4 is 28.9 Å². The van der Waals surface area contributed by atoms with Crippen LogP contribution in [0, 0.1) is 0 Å². The van der Waals surface area contributed by atoms with E-state index in [0.29, 0.717) is 16.1 Å². The number of nitrogens with one attached hydrogen (secondary N) is 1. The molecule has 4 heteroatoms. The summed E-state index contributed by atoms with van der Waals surface area (Å²) in [6, 6.07) is 6.30. The second-order valence-electron chi connectivity index (χ2n) is 4.23. The topological polar surface area (TPSA) is 15.3 Å². The minimum Gasteiger partial charge on any atom is -0.369 e. The van der Waals surface area contributed by atoms with Crippen molar-refractivity contribution in [3.05, 3.63) is 28.2 Å². The fraction of sp³-hybridized carbons (Fsp3) is 0.500. The van der Waals surface area contributed by atoms with Crippen molar-refractivity contribution < 1.29 is 0 Å². The van der Waals surface area contributed by atoms with Crippen LogP contribution >= 0.6 is 23.2 Å². The first-order chi connectivity index (χ1) is 7.68. The molecule has 0 bridgehead atoms. The van der Waals surface area contributed by atoms with E-state index in [2.05, 4.69) is 17.1 Å². The maximum Gasteiger partial charge on any atom is 0.0825 e. The van der Waals surface area contributed by atoms with Gasteiger partial charge in [0.2, 0.25) is 0 Å². The molecular weight excluding hydrogens is 243 g/mol. The average Bonchev–Trinajstić information content (AvgIpc) is 2.47. The van der Waals surface area contributed by atoms with E-state index in [4.69, 9.17) is 23.2 Å². The van der Waals surface area contributed by atoms with Crippen molar-refractivity contribution in [1.82, 2.24) is 5.32 Å². The SMILES string of the molecule is CC1CN(c2cccc(Cl)c2Cl)CCCN1. The lowest BCUT2D eigenvalue weighted by molar-refractivity contribution is 0.585. The summed E-state index contributed by atoms with van der Waals surface area (Å²) in [5, 5.41) is 4.75. The Bertz CT molecular complexity index is 368. The van der Waals surface area contributed by atoms with Crippen LogP contribution in [0.5, 0.6) is 0 Å². The first-order valence-corrected chi connectivity index (χ1v) is 6.36. The van der Waals surface area contributed by atoms with Crippen LogP contribution in [0.1, 0.15) is 13.3 Å². The van der Waals surface area contributed by atoms with Gasteiger partial charge in [0, 0.05) is 19.1 Å². The van der Waals surface area contributed by atoms with Crippen LogP contribution in [0.2, 0.25) is 10.0 Å². The number of hydrogen-bond donors (Lipinski definition) is 1. The van der Waals surface area contributed by atoms with Gasteiger partial charge in [0.25, 0.3) is 0 Å². The average molecular weight is 259 g/mol. The van der Waals surface area contributed by atoms with Gasteiger partial charge >= 0.3 is 0 Å². The van der Waals surface area contributed by atoms with Crippen LogP contribution in [0.3, 0.4) is 0 Å². The summed E-state index contributed by atoms with van der Waals surface area (Å²) in [6.45, 7) is 5.25. The highest BCUT2D eigenvalue weighted by molar-refractivity contribution is 6.43. The lowest BCUT2D eigenvalue weighted by Crippen LogP contribution is -2.35. The molecule has 88 valence electrons. The van der Waals surface area contributed by atoms with Gasteiger partial charge in [0.05, 0.1) is 15.7 Å². The van der Waals surface area contributed by atoms with E-state index < -0.39 is 0 Å². The predicted octanol–water partition coefficient (Wildman–Crippen LogP) is 3.18. The number of hydrogen-bond acceptors (Lipinski definition) is 2. The van der Waals surface area contributed by atoms with Crippen LogP contribution in [-0.4, -0.2) is 25.7 Å². The fourth-order valence-corrected chi connectivity index (χ4v) is 2.48. The molecule has 1 fully saturated rings. The highest BCUT2D eigenvalue weighted by atomic mass is 35.5. The summed E-state index contributed by atoms with van der Waals surface area (Å²) < 4.78 is 0. The molecule has 1 aliphatic heterocycles. The minimum atomic E-state index is 0.484. The van der Waals surface area contributed by atoms with E-state index in [1.807, 2.05) is 18.2 Å². The maximum atomic E-state index is 6.23. The van der Waals surface area contributed by atoms with E-state index in [1.165, 1.54) is 0 Å². The van der Waals surface area contributed by atoms with Gasteiger partial charge in [-0.1, -0.05) is 29.3 Å². The fourth-order valence-electron chi connectivity index (χ4n) is 2.06. The maximum absolute atomic E-state index is 6.23. The Labute approximate surface area is 107 Å². The molecule has 1 atom stereocenters. The third kappa shape index (κ3) is 2.62. The Hall–Kier alpha value is -0.440. The van der Waals surface area contributed by atoms with Gasteiger partial charge in [0.1, 0.15) is 0 Å². The highest BCUT2D eigenvalue weighted by Gasteiger charge is 2.17. The number of rotatable bonds is 1. The Kier molecular flexibility index (Phi) is 3.95. The molecule has 1 unspecified atom stereocenters. The molecule has 0 radical (unpaired) electrons. The van der Waals surface area contributed by atoms with Crippen LogP contribution in [0.25, 0.3) is 0 Å². The van der Waals surface area contributed by atoms with Gasteiger partial charge in [-0.2, -0.15) is 0 Å². The zero-order valence-electron chi connectivity index (χ0n) is 9.34. The number of nitrogens with zero attached hydrogens (tertiary/aromatic N) is 1. The summed E-state index contributed by atoms with van der Waals surface area (Å²) in [5.41, 5.74) is 1.05. The highest BCUT2D eigenvalue weighted by Crippen LogP contribution is 2.32. The van der Waals surface area contributed by atoms with Crippen molar-refractivity contribution in [2.24, 2.45) is 0 Å². The molecule has 0 saturated carbocycles. The van der Waals surface area contributed by atoms with Crippen molar-refractivity contribution in [3.63, 3.8) is 0 Å². The van der Waals surface area contributed by atoms with Gasteiger partial charge in [-0.25, -0.2) is 0 Å². The van der Waals surface area contributed by atoms with Gasteiger partial charge < -0.3 is 10.2 Å². The monoisotopic (exact) mass is 258 g/mol. The quantitative estimate of drug-likeness (QED) is 0.833. The van der Waals surface area contributed by atoms with Crippen LogP contribution in [0.4, 0.5) is 5.69 Å². The predicted molar refractivity (Wildman–Crippen MR) is 70.8 cm³/mol. The first kappa shape index (κ1) is 12.0. The summed E-state index contributed by atoms with van der Waals surface area (Å²) in [4.78, 5) is 2.30. The Balaban J connectivity index is 2.24. The van der Waals surface area contributed by atoms with E-state index in [1.54, 1.807) is 0 Å². The van der Waals surface area contributed by atoms with Crippen LogP contribution < -0.4 is 10.2 Å². The number of anilines is 1. The van der Waals surface area contributed by atoms with Crippen LogP contribution in [0.15, 0.2) is 18.2 Å². The third-order valence-electron chi connectivity index (χ3n) is 2.86. The molecule has 1 aromatic rings. The van der Waals surface area contributed by atoms with Gasteiger partial charge in [-0.3, -0.25) is 0 Å². The summed E-state index contributed by atoms with van der Waals surface area (Å²) in [5.74, 6) is 0. The third-order valence-corrected chi connectivity index (χ3v) is 3.67. The van der Waals surface area contributed by atoms with Gasteiger partial charge in [0.15, 0.2) is 0 Å². The van der Waals surface area contributed by atoms with E-state index in [9.17, 15) is 0 Å². The minimum absolute atomic E-state index is 0.484. The van der Waals surface area contributed by atoms with E-state index >= 15 is 0 Å². The summed E-state index contributed by atoms with van der Waals surface area (Å²) in [6.07, 6.45) is 1.13. The lowest BCUT2D eigenvalue weighted by atomic mass is 10.2. The zero-order chi connectivity index (χ0) is 11.5. The lowest BCUT2D eigenvalue weighted by Gasteiger charge is -2.26. The number of benzene rings is 1. The van der Waals surface area contributed by atoms with Crippen molar-refractivity contribution in [2.45, 2.75) is 19.4 Å². The van der Waals surface area contributed by atoms with E-state index in [0.717, 1.165) is 31.7 Å². The van der Waals surface area contributed by atoms with Gasteiger partial charge in [-0.05, 0) is 32.0 Å². The largest absolute Gasteiger partial charge is 0.369 e.